The molecule has 0 fully saturated rings. The van der Waals surface area contributed by atoms with Crippen LogP contribution in [0.15, 0.2) is 33.6 Å². The molecule has 1 aromatic carbocycles. The third-order valence-corrected chi connectivity index (χ3v) is 3.48. The first-order chi connectivity index (χ1) is 10.2. The summed E-state index contributed by atoms with van der Waals surface area (Å²) in [6.07, 6.45) is 1.61. The van der Waals surface area contributed by atoms with E-state index in [2.05, 4.69) is 17.1 Å². The van der Waals surface area contributed by atoms with Crippen LogP contribution in [0.1, 0.15) is 32.0 Å². The molecule has 3 aromatic rings. The number of aromatic nitrogens is 4. The van der Waals surface area contributed by atoms with E-state index < -0.39 is 0 Å². The average molecular weight is 286 g/mol. The fourth-order valence-corrected chi connectivity index (χ4v) is 2.50. The average Bonchev–Trinajstić information content (AvgIpc) is 3.06. The Morgan fingerprint density at radius 1 is 1.14 bits per heavy atom. The van der Waals surface area contributed by atoms with Gasteiger partial charge in [-0.25, -0.2) is 4.79 Å². The van der Waals surface area contributed by atoms with Crippen molar-refractivity contribution < 1.29 is 4.52 Å². The lowest BCUT2D eigenvalue weighted by atomic mass is 10.3. The first-order valence-electron chi connectivity index (χ1n) is 7.24. The van der Waals surface area contributed by atoms with Gasteiger partial charge in [-0.05, 0) is 18.6 Å². The first-order valence-corrected chi connectivity index (χ1v) is 7.24. The van der Waals surface area contributed by atoms with Crippen molar-refractivity contribution in [2.75, 3.05) is 0 Å². The predicted octanol–water partition coefficient (Wildman–Crippen LogP) is 2.21. The Bertz CT molecular complexity index is 813. The van der Waals surface area contributed by atoms with Crippen LogP contribution in [0, 0.1) is 0 Å². The Balaban J connectivity index is 2.09. The second-order valence-corrected chi connectivity index (χ2v) is 4.97. The molecule has 0 bridgehead atoms. The maximum atomic E-state index is 12.6. The summed E-state index contributed by atoms with van der Waals surface area (Å²) in [5.74, 6) is 1.13. The van der Waals surface area contributed by atoms with E-state index in [4.69, 9.17) is 4.52 Å². The van der Waals surface area contributed by atoms with Crippen molar-refractivity contribution in [2.45, 2.75) is 39.8 Å². The van der Waals surface area contributed by atoms with Crippen LogP contribution in [0.5, 0.6) is 0 Å². The van der Waals surface area contributed by atoms with Gasteiger partial charge in [0, 0.05) is 13.0 Å². The molecule has 2 heterocycles. The minimum atomic E-state index is -0.0269. The Labute approximate surface area is 122 Å². The van der Waals surface area contributed by atoms with Gasteiger partial charge in [0.25, 0.3) is 0 Å². The molecule has 0 aliphatic rings. The van der Waals surface area contributed by atoms with Crippen molar-refractivity contribution in [1.29, 1.82) is 0 Å². The Morgan fingerprint density at radius 2 is 1.86 bits per heavy atom. The normalized spacial score (nSPS) is 11.3. The zero-order chi connectivity index (χ0) is 14.8. The second kappa shape index (κ2) is 5.55. The summed E-state index contributed by atoms with van der Waals surface area (Å²) >= 11 is 0. The molecule has 0 spiro atoms. The Morgan fingerprint density at radius 3 is 2.48 bits per heavy atom. The van der Waals surface area contributed by atoms with Crippen LogP contribution in [0.4, 0.5) is 0 Å². The summed E-state index contributed by atoms with van der Waals surface area (Å²) in [7, 11) is 0. The van der Waals surface area contributed by atoms with Gasteiger partial charge < -0.3 is 4.52 Å². The van der Waals surface area contributed by atoms with Crippen LogP contribution in [0.3, 0.4) is 0 Å². The van der Waals surface area contributed by atoms with Crippen LogP contribution in [0.2, 0.25) is 0 Å². The molecule has 0 aliphatic carbocycles. The highest BCUT2D eigenvalue weighted by atomic mass is 16.5. The maximum absolute atomic E-state index is 12.6. The van der Waals surface area contributed by atoms with Crippen molar-refractivity contribution in [2.24, 2.45) is 0 Å². The number of hydrogen-bond acceptors (Lipinski definition) is 4. The third kappa shape index (κ3) is 2.37. The zero-order valence-corrected chi connectivity index (χ0v) is 12.2. The van der Waals surface area contributed by atoms with E-state index in [9.17, 15) is 4.79 Å². The number of para-hydroxylation sites is 2. The molecule has 0 saturated heterocycles. The highest BCUT2D eigenvalue weighted by Gasteiger charge is 2.14. The highest BCUT2D eigenvalue weighted by Crippen LogP contribution is 2.14. The van der Waals surface area contributed by atoms with Crippen LogP contribution in [-0.2, 0) is 19.5 Å². The van der Waals surface area contributed by atoms with Gasteiger partial charge in [-0.1, -0.05) is 31.1 Å². The first kappa shape index (κ1) is 13.6. The van der Waals surface area contributed by atoms with E-state index in [0.29, 0.717) is 31.2 Å². The van der Waals surface area contributed by atoms with Crippen LogP contribution in [-0.4, -0.2) is 19.3 Å². The number of rotatable bonds is 5. The minimum Gasteiger partial charge on any atom is -0.339 e. The van der Waals surface area contributed by atoms with Crippen molar-refractivity contribution in [3.63, 3.8) is 0 Å². The van der Waals surface area contributed by atoms with Gasteiger partial charge in [0.05, 0.1) is 17.6 Å². The summed E-state index contributed by atoms with van der Waals surface area (Å²) in [5.41, 5.74) is 1.82. The number of hydrogen-bond donors (Lipinski definition) is 0. The number of aryl methyl sites for hydroxylation is 2. The van der Waals surface area contributed by atoms with Gasteiger partial charge in [-0.3, -0.25) is 9.13 Å². The lowest BCUT2D eigenvalue weighted by Crippen LogP contribution is -2.25. The second-order valence-electron chi connectivity index (χ2n) is 4.97. The molecule has 0 aliphatic heterocycles. The SMILES string of the molecule is CCCn1c(=O)n(Cc2noc(CC)n2)c2ccccc21. The van der Waals surface area contributed by atoms with Gasteiger partial charge in [0.2, 0.25) is 5.89 Å². The molecule has 6 nitrogen and oxygen atoms in total. The minimum absolute atomic E-state index is 0.0269. The van der Waals surface area contributed by atoms with Crippen LogP contribution >= 0.6 is 0 Å². The lowest BCUT2D eigenvalue weighted by Gasteiger charge is -1.98. The van der Waals surface area contributed by atoms with E-state index in [-0.39, 0.29) is 5.69 Å². The number of nitrogens with zero attached hydrogens (tertiary/aromatic N) is 4. The van der Waals surface area contributed by atoms with Crippen LogP contribution in [0.25, 0.3) is 11.0 Å². The topological polar surface area (TPSA) is 65.8 Å². The van der Waals surface area contributed by atoms with E-state index in [1.165, 1.54) is 0 Å². The van der Waals surface area contributed by atoms with E-state index in [1.54, 1.807) is 9.13 Å². The quantitative estimate of drug-likeness (QED) is 0.721. The summed E-state index contributed by atoms with van der Waals surface area (Å²) in [5, 5.41) is 3.93. The largest absolute Gasteiger partial charge is 0.339 e. The van der Waals surface area contributed by atoms with Gasteiger partial charge in [0.1, 0.15) is 0 Å². The maximum Gasteiger partial charge on any atom is 0.329 e. The summed E-state index contributed by atoms with van der Waals surface area (Å²) in [4.78, 5) is 16.9. The predicted molar refractivity (Wildman–Crippen MR) is 79.3 cm³/mol. The number of fused-ring (bicyclic) bond motifs is 1. The van der Waals surface area contributed by atoms with Gasteiger partial charge in [0.15, 0.2) is 5.82 Å². The molecule has 0 N–H and O–H groups in total. The van der Waals surface area contributed by atoms with Crippen LogP contribution < -0.4 is 5.69 Å². The van der Waals surface area contributed by atoms with Crippen molar-refractivity contribution in [3.05, 3.63) is 46.5 Å². The zero-order valence-electron chi connectivity index (χ0n) is 12.2. The van der Waals surface area contributed by atoms with Gasteiger partial charge >= 0.3 is 5.69 Å². The van der Waals surface area contributed by atoms with E-state index >= 15 is 0 Å². The Hall–Kier alpha value is -2.37. The molecule has 0 saturated carbocycles. The number of benzene rings is 1. The summed E-state index contributed by atoms with van der Waals surface area (Å²) in [6, 6.07) is 7.80. The Kier molecular flexibility index (Phi) is 3.60. The molecule has 0 amide bonds. The molecule has 0 unspecified atom stereocenters. The van der Waals surface area contributed by atoms with Crippen molar-refractivity contribution >= 4 is 11.0 Å². The smallest absolute Gasteiger partial charge is 0.329 e. The molecule has 0 atom stereocenters. The third-order valence-electron chi connectivity index (χ3n) is 3.48. The molecule has 6 heteroatoms. The molecule has 110 valence electrons. The molecule has 2 aromatic heterocycles. The summed E-state index contributed by atoms with van der Waals surface area (Å²) < 4.78 is 8.61. The molecule has 3 rings (SSSR count). The van der Waals surface area contributed by atoms with E-state index in [1.807, 2.05) is 31.2 Å². The molecule has 0 radical (unpaired) electrons. The molecule has 21 heavy (non-hydrogen) atoms. The standard InChI is InChI=1S/C15H18N4O2/c1-3-9-18-11-7-5-6-8-12(11)19(15(18)20)10-13-16-14(4-2)21-17-13/h5-8H,3-4,9-10H2,1-2H3. The highest BCUT2D eigenvalue weighted by molar-refractivity contribution is 5.76. The lowest BCUT2D eigenvalue weighted by molar-refractivity contribution is 0.375. The van der Waals surface area contributed by atoms with E-state index in [0.717, 1.165) is 17.5 Å². The van der Waals surface area contributed by atoms with Crippen molar-refractivity contribution in [1.82, 2.24) is 19.3 Å². The van der Waals surface area contributed by atoms with Gasteiger partial charge in [-0.2, -0.15) is 4.98 Å². The molecular weight excluding hydrogens is 268 g/mol. The summed E-state index contributed by atoms with van der Waals surface area (Å²) in [6.45, 7) is 5.06. The van der Waals surface area contributed by atoms with Gasteiger partial charge in [-0.15, -0.1) is 0 Å². The number of imidazole rings is 1. The molecular formula is C15H18N4O2. The van der Waals surface area contributed by atoms with Crippen molar-refractivity contribution in [3.8, 4) is 0 Å². The fourth-order valence-electron chi connectivity index (χ4n) is 2.50. The fraction of sp³-hybridized carbons (Fsp3) is 0.400. The monoisotopic (exact) mass is 286 g/mol.